The number of halogens is 1. The van der Waals surface area contributed by atoms with Crippen LogP contribution in [-0.2, 0) is 7.05 Å². The zero-order valence-corrected chi connectivity index (χ0v) is 9.80. The first-order valence-electron chi connectivity index (χ1n) is 5.59. The van der Waals surface area contributed by atoms with Crippen LogP contribution in [0.2, 0.25) is 0 Å². The fourth-order valence-corrected chi connectivity index (χ4v) is 2.08. The predicted molar refractivity (Wildman–Crippen MR) is 68.0 cm³/mol. The Balaban J connectivity index is 2.32. The summed E-state index contributed by atoms with van der Waals surface area (Å²) in [6.07, 6.45) is 3.69. The summed E-state index contributed by atoms with van der Waals surface area (Å²) in [7, 11) is 1.72. The molecule has 3 aromatic rings. The molecule has 0 atom stereocenters. The van der Waals surface area contributed by atoms with Gasteiger partial charge >= 0.3 is 0 Å². The molecule has 90 valence electrons. The molecule has 18 heavy (non-hydrogen) atoms. The molecule has 0 N–H and O–H groups in total. The van der Waals surface area contributed by atoms with E-state index < -0.39 is 0 Å². The van der Waals surface area contributed by atoms with Crippen molar-refractivity contribution in [3.8, 4) is 11.3 Å². The van der Waals surface area contributed by atoms with Crippen molar-refractivity contribution in [1.82, 2.24) is 8.97 Å². The van der Waals surface area contributed by atoms with Gasteiger partial charge in [0.25, 0.3) is 5.56 Å². The number of rotatable bonds is 1. The van der Waals surface area contributed by atoms with Crippen LogP contribution >= 0.6 is 0 Å². The van der Waals surface area contributed by atoms with E-state index in [2.05, 4.69) is 0 Å². The van der Waals surface area contributed by atoms with E-state index in [9.17, 15) is 9.18 Å². The molecule has 0 spiro atoms. The summed E-state index contributed by atoms with van der Waals surface area (Å²) >= 11 is 0. The molecule has 3 rings (SSSR count). The predicted octanol–water partition coefficient (Wildman–Crippen LogP) is 2.44. The van der Waals surface area contributed by atoms with E-state index in [0.29, 0.717) is 5.52 Å². The van der Waals surface area contributed by atoms with Crippen molar-refractivity contribution in [2.24, 2.45) is 7.05 Å². The maximum absolute atomic E-state index is 12.9. The minimum Gasteiger partial charge on any atom is -0.317 e. The van der Waals surface area contributed by atoms with Crippen LogP contribution in [0.15, 0.2) is 53.6 Å². The highest BCUT2D eigenvalue weighted by molar-refractivity contribution is 5.61. The molecule has 0 unspecified atom stereocenters. The lowest BCUT2D eigenvalue weighted by Crippen LogP contribution is -2.20. The van der Waals surface area contributed by atoms with E-state index in [0.717, 1.165) is 11.3 Å². The Hall–Kier alpha value is -2.36. The van der Waals surface area contributed by atoms with Gasteiger partial charge in [-0.05, 0) is 42.0 Å². The van der Waals surface area contributed by atoms with E-state index in [1.165, 1.54) is 12.1 Å². The van der Waals surface area contributed by atoms with Gasteiger partial charge in [-0.1, -0.05) is 0 Å². The third-order valence-corrected chi connectivity index (χ3v) is 3.07. The Morgan fingerprint density at radius 2 is 1.83 bits per heavy atom. The van der Waals surface area contributed by atoms with Gasteiger partial charge in [-0.15, -0.1) is 0 Å². The molecule has 0 amide bonds. The Morgan fingerprint density at radius 3 is 2.56 bits per heavy atom. The zero-order valence-electron chi connectivity index (χ0n) is 9.80. The average molecular weight is 242 g/mol. The maximum atomic E-state index is 12.9. The minimum atomic E-state index is -0.286. The monoisotopic (exact) mass is 242 g/mol. The fraction of sp³-hybridized carbons (Fsp3) is 0.0714. The van der Waals surface area contributed by atoms with Gasteiger partial charge in [0.05, 0.1) is 5.69 Å². The molecule has 0 fully saturated rings. The van der Waals surface area contributed by atoms with Crippen molar-refractivity contribution in [2.45, 2.75) is 0 Å². The van der Waals surface area contributed by atoms with Crippen molar-refractivity contribution in [3.63, 3.8) is 0 Å². The zero-order chi connectivity index (χ0) is 12.7. The highest BCUT2D eigenvalue weighted by atomic mass is 19.1. The van der Waals surface area contributed by atoms with Gasteiger partial charge in [0, 0.05) is 19.4 Å². The van der Waals surface area contributed by atoms with Gasteiger partial charge in [0.2, 0.25) is 0 Å². The molecular formula is C14H11FN2O. The number of benzene rings is 1. The van der Waals surface area contributed by atoms with Crippen molar-refractivity contribution in [1.29, 1.82) is 0 Å². The Kier molecular flexibility index (Phi) is 2.30. The topological polar surface area (TPSA) is 26.4 Å². The van der Waals surface area contributed by atoms with Crippen LogP contribution in [-0.4, -0.2) is 8.97 Å². The van der Waals surface area contributed by atoms with Crippen LogP contribution < -0.4 is 5.56 Å². The van der Waals surface area contributed by atoms with E-state index in [4.69, 9.17) is 0 Å². The van der Waals surface area contributed by atoms with Crippen molar-refractivity contribution < 1.29 is 4.39 Å². The first-order valence-corrected chi connectivity index (χ1v) is 5.59. The molecular weight excluding hydrogens is 231 g/mol. The molecule has 2 heterocycles. The largest absolute Gasteiger partial charge is 0.317 e. The normalized spacial score (nSPS) is 11.0. The number of hydrogen-bond acceptors (Lipinski definition) is 1. The molecule has 0 bridgehead atoms. The van der Waals surface area contributed by atoms with E-state index in [1.807, 2.05) is 18.5 Å². The smallest absolute Gasteiger partial charge is 0.275 e. The van der Waals surface area contributed by atoms with Gasteiger partial charge in [0.1, 0.15) is 11.3 Å². The summed E-state index contributed by atoms with van der Waals surface area (Å²) in [6, 6.07) is 9.71. The van der Waals surface area contributed by atoms with Crippen LogP contribution in [0, 0.1) is 5.82 Å². The van der Waals surface area contributed by atoms with Crippen molar-refractivity contribution in [3.05, 3.63) is 65.0 Å². The molecule has 3 nitrogen and oxygen atoms in total. The average Bonchev–Trinajstić information content (AvgIpc) is 2.83. The standard InChI is InChI=1S/C14H11FN2O/c1-16-13(10-4-6-11(15)7-5-10)9-17-8-2-3-12(17)14(16)18/h2-9H,1H3. The lowest BCUT2D eigenvalue weighted by Gasteiger charge is -2.09. The third-order valence-electron chi connectivity index (χ3n) is 3.07. The maximum Gasteiger partial charge on any atom is 0.275 e. The highest BCUT2D eigenvalue weighted by Gasteiger charge is 2.07. The number of hydrogen-bond donors (Lipinski definition) is 0. The van der Waals surface area contributed by atoms with E-state index in [1.54, 1.807) is 34.2 Å². The quantitative estimate of drug-likeness (QED) is 0.643. The lowest BCUT2D eigenvalue weighted by molar-refractivity contribution is 0.628. The number of aromatic nitrogens is 2. The van der Waals surface area contributed by atoms with Crippen molar-refractivity contribution >= 4 is 5.52 Å². The summed E-state index contributed by atoms with van der Waals surface area (Å²) < 4.78 is 16.3. The molecule has 0 aliphatic carbocycles. The molecule has 0 radical (unpaired) electrons. The highest BCUT2D eigenvalue weighted by Crippen LogP contribution is 2.18. The van der Waals surface area contributed by atoms with Crippen LogP contribution in [0.1, 0.15) is 0 Å². The number of fused-ring (bicyclic) bond motifs is 1. The second-order valence-electron chi connectivity index (χ2n) is 4.19. The Labute approximate surface area is 103 Å². The van der Waals surface area contributed by atoms with Gasteiger partial charge in [-0.3, -0.25) is 4.79 Å². The second-order valence-corrected chi connectivity index (χ2v) is 4.19. The first-order chi connectivity index (χ1) is 8.66. The van der Waals surface area contributed by atoms with E-state index in [-0.39, 0.29) is 11.4 Å². The summed E-state index contributed by atoms with van der Waals surface area (Å²) in [5.41, 5.74) is 2.13. The van der Waals surface area contributed by atoms with Crippen LogP contribution in [0.3, 0.4) is 0 Å². The Morgan fingerprint density at radius 1 is 1.11 bits per heavy atom. The first kappa shape index (κ1) is 10.8. The number of nitrogens with zero attached hydrogens (tertiary/aromatic N) is 2. The fourth-order valence-electron chi connectivity index (χ4n) is 2.08. The van der Waals surface area contributed by atoms with Crippen molar-refractivity contribution in [2.75, 3.05) is 0 Å². The van der Waals surface area contributed by atoms with E-state index >= 15 is 0 Å². The summed E-state index contributed by atoms with van der Waals surface area (Å²) in [4.78, 5) is 12.1. The summed E-state index contributed by atoms with van der Waals surface area (Å²) in [5, 5.41) is 0. The molecule has 2 aromatic heterocycles. The molecule has 0 saturated carbocycles. The van der Waals surface area contributed by atoms with Crippen LogP contribution in [0.25, 0.3) is 16.8 Å². The summed E-state index contributed by atoms with van der Waals surface area (Å²) in [6.45, 7) is 0. The van der Waals surface area contributed by atoms with Gasteiger partial charge in [-0.25, -0.2) is 4.39 Å². The Bertz CT molecular complexity index is 769. The molecule has 1 aromatic carbocycles. The second kappa shape index (κ2) is 3.84. The van der Waals surface area contributed by atoms with Crippen LogP contribution in [0.4, 0.5) is 4.39 Å². The molecule has 0 saturated heterocycles. The summed E-state index contributed by atoms with van der Waals surface area (Å²) in [5.74, 6) is -0.286. The molecule has 0 aliphatic heterocycles. The molecule has 0 aliphatic rings. The van der Waals surface area contributed by atoms with Gasteiger partial charge in [0.15, 0.2) is 0 Å². The minimum absolute atomic E-state index is 0.0678. The SMILES string of the molecule is Cn1c(-c2ccc(F)cc2)cn2cccc2c1=O. The lowest BCUT2D eigenvalue weighted by atomic mass is 10.1. The van der Waals surface area contributed by atoms with Gasteiger partial charge in [-0.2, -0.15) is 0 Å². The van der Waals surface area contributed by atoms with Crippen LogP contribution in [0.5, 0.6) is 0 Å². The van der Waals surface area contributed by atoms with Gasteiger partial charge < -0.3 is 8.97 Å². The molecule has 4 heteroatoms. The third kappa shape index (κ3) is 1.54.